The molecular formula is C24H28F2N2O. The first-order valence-electron chi connectivity index (χ1n) is 10.4. The number of benzene rings is 2. The van der Waals surface area contributed by atoms with Crippen molar-refractivity contribution in [2.75, 3.05) is 18.0 Å². The lowest BCUT2D eigenvalue weighted by molar-refractivity contribution is -0.134. The summed E-state index contributed by atoms with van der Waals surface area (Å²) in [5.41, 5.74) is 1.49. The van der Waals surface area contributed by atoms with Crippen molar-refractivity contribution in [2.24, 2.45) is 0 Å². The van der Waals surface area contributed by atoms with E-state index in [-0.39, 0.29) is 28.6 Å². The van der Waals surface area contributed by atoms with Gasteiger partial charge in [0, 0.05) is 30.7 Å². The number of halogens is 2. The second kappa shape index (κ2) is 7.43. The lowest BCUT2D eigenvalue weighted by Crippen LogP contribution is -2.49. The summed E-state index contributed by atoms with van der Waals surface area (Å²) >= 11 is 0. The van der Waals surface area contributed by atoms with Gasteiger partial charge in [0.25, 0.3) is 0 Å². The molecule has 4 rings (SSSR count). The summed E-state index contributed by atoms with van der Waals surface area (Å²) in [5.74, 6) is -0.342. The van der Waals surface area contributed by atoms with E-state index >= 15 is 0 Å². The number of hydrogen-bond donors (Lipinski definition) is 0. The topological polar surface area (TPSA) is 23.6 Å². The molecule has 2 aliphatic heterocycles. The minimum atomic E-state index is -0.260. The second-order valence-corrected chi connectivity index (χ2v) is 9.05. The summed E-state index contributed by atoms with van der Waals surface area (Å²) in [6.07, 6.45) is 3.88. The Kier molecular flexibility index (Phi) is 5.09. The van der Waals surface area contributed by atoms with Crippen molar-refractivity contribution in [2.45, 2.75) is 57.0 Å². The number of anilines is 1. The number of carbonyl (C=O) groups is 1. The van der Waals surface area contributed by atoms with Crippen LogP contribution < -0.4 is 4.90 Å². The Morgan fingerprint density at radius 2 is 1.83 bits per heavy atom. The SMILES string of the molecule is CC1(C)CC2(CCCN2C(=O)CCc2ccc(F)cc2)CN1c1cccc(F)c1. The molecular weight excluding hydrogens is 370 g/mol. The lowest BCUT2D eigenvalue weighted by Gasteiger charge is -2.35. The standard InChI is InChI=1S/C24H28F2N2O/c1-23(2)16-24(17-28(23)21-6-3-5-20(26)15-21)13-4-14-27(24)22(29)12-9-18-7-10-19(25)11-8-18/h3,5-8,10-11,15H,4,9,12-14,16-17H2,1-2H3. The van der Waals surface area contributed by atoms with Crippen LogP contribution in [0.3, 0.4) is 0 Å². The van der Waals surface area contributed by atoms with E-state index in [0.29, 0.717) is 12.8 Å². The minimum absolute atomic E-state index is 0.156. The molecule has 0 aromatic heterocycles. The predicted molar refractivity (Wildman–Crippen MR) is 111 cm³/mol. The first-order valence-corrected chi connectivity index (χ1v) is 10.4. The van der Waals surface area contributed by atoms with Crippen LogP contribution in [0.25, 0.3) is 0 Å². The Balaban J connectivity index is 1.50. The van der Waals surface area contributed by atoms with Crippen LogP contribution in [0.1, 0.15) is 45.1 Å². The number of rotatable bonds is 4. The number of likely N-dealkylation sites (tertiary alicyclic amines) is 1. The molecule has 2 heterocycles. The van der Waals surface area contributed by atoms with E-state index in [2.05, 4.69) is 23.6 Å². The van der Waals surface area contributed by atoms with E-state index in [9.17, 15) is 13.6 Å². The van der Waals surface area contributed by atoms with Crippen molar-refractivity contribution >= 4 is 11.6 Å². The van der Waals surface area contributed by atoms with Crippen LogP contribution in [0.2, 0.25) is 0 Å². The molecule has 1 atom stereocenters. The van der Waals surface area contributed by atoms with Crippen molar-refractivity contribution in [1.82, 2.24) is 4.90 Å². The summed E-state index contributed by atoms with van der Waals surface area (Å²) in [4.78, 5) is 17.4. The maximum Gasteiger partial charge on any atom is 0.223 e. The zero-order valence-corrected chi connectivity index (χ0v) is 17.1. The Morgan fingerprint density at radius 1 is 1.07 bits per heavy atom. The van der Waals surface area contributed by atoms with Gasteiger partial charge >= 0.3 is 0 Å². The van der Waals surface area contributed by atoms with Gasteiger partial charge in [0.2, 0.25) is 5.91 Å². The molecule has 154 valence electrons. The van der Waals surface area contributed by atoms with Gasteiger partial charge in [-0.1, -0.05) is 18.2 Å². The van der Waals surface area contributed by atoms with Crippen LogP contribution in [0, 0.1) is 11.6 Å². The Morgan fingerprint density at radius 3 is 2.55 bits per heavy atom. The molecule has 2 saturated heterocycles. The van der Waals surface area contributed by atoms with Crippen LogP contribution in [-0.2, 0) is 11.2 Å². The van der Waals surface area contributed by atoms with E-state index in [1.807, 2.05) is 6.07 Å². The van der Waals surface area contributed by atoms with Crippen LogP contribution in [0.5, 0.6) is 0 Å². The highest BCUT2D eigenvalue weighted by Gasteiger charge is 2.54. The van der Waals surface area contributed by atoms with Gasteiger partial charge in [0.1, 0.15) is 11.6 Å². The summed E-state index contributed by atoms with van der Waals surface area (Å²) in [6, 6.07) is 13.1. The van der Waals surface area contributed by atoms with Crippen molar-refractivity contribution in [1.29, 1.82) is 0 Å². The van der Waals surface area contributed by atoms with E-state index in [4.69, 9.17) is 0 Å². The van der Waals surface area contributed by atoms with Gasteiger partial charge in [0.05, 0.1) is 5.54 Å². The average Bonchev–Trinajstić information content (AvgIpc) is 3.20. The van der Waals surface area contributed by atoms with Gasteiger partial charge in [-0.3, -0.25) is 4.79 Å². The van der Waals surface area contributed by atoms with Crippen molar-refractivity contribution < 1.29 is 13.6 Å². The predicted octanol–water partition coefficient (Wildman–Crippen LogP) is 4.95. The van der Waals surface area contributed by atoms with Crippen molar-refractivity contribution in [3.05, 3.63) is 65.7 Å². The first-order chi connectivity index (χ1) is 13.8. The largest absolute Gasteiger partial charge is 0.364 e. The van der Waals surface area contributed by atoms with Crippen LogP contribution in [0.4, 0.5) is 14.5 Å². The second-order valence-electron chi connectivity index (χ2n) is 9.05. The van der Waals surface area contributed by atoms with Crippen molar-refractivity contribution in [3.8, 4) is 0 Å². The zero-order chi connectivity index (χ0) is 20.6. The average molecular weight is 398 g/mol. The molecule has 3 nitrogen and oxygen atoms in total. The number of nitrogens with zero attached hydrogens (tertiary/aromatic N) is 2. The maximum absolute atomic E-state index is 13.8. The fourth-order valence-corrected chi connectivity index (χ4v) is 5.26. The highest BCUT2D eigenvalue weighted by atomic mass is 19.1. The molecule has 0 radical (unpaired) electrons. The van der Waals surface area contributed by atoms with Crippen LogP contribution in [0.15, 0.2) is 48.5 Å². The third-order valence-corrected chi connectivity index (χ3v) is 6.50. The Hall–Kier alpha value is -2.43. The van der Waals surface area contributed by atoms with Gasteiger partial charge in [0.15, 0.2) is 0 Å². The monoisotopic (exact) mass is 398 g/mol. The molecule has 0 N–H and O–H groups in total. The highest BCUT2D eigenvalue weighted by molar-refractivity contribution is 5.78. The molecule has 1 spiro atoms. The summed E-state index contributed by atoms with van der Waals surface area (Å²) in [6.45, 7) is 5.85. The quantitative estimate of drug-likeness (QED) is 0.728. The number of hydrogen-bond acceptors (Lipinski definition) is 2. The fraction of sp³-hybridized carbons (Fsp3) is 0.458. The molecule has 2 fully saturated rings. The van der Waals surface area contributed by atoms with Gasteiger partial charge in [-0.15, -0.1) is 0 Å². The number of aryl methyl sites for hydroxylation is 1. The number of carbonyl (C=O) groups excluding carboxylic acids is 1. The molecule has 2 aliphatic rings. The summed E-state index contributed by atoms with van der Waals surface area (Å²) < 4.78 is 26.9. The Bertz CT molecular complexity index is 896. The highest BCUT2D eigenvalue weighted by Crippen LogP contribution is 2.47. The van der Waals surface area contributed by atoms with Crippen LogP contribution in [-0.4, -0.2) is 35.0 Å². The van der Waals surface area contributed by atoms with Gasteiger partial charge in [-0.25, -0.2) is 8.78 Å². The molecule has 2 aromatic rings. The molecule has 0 saturated carbocycles. The minimum Gasteiger partial charge on any atom is -0.364 e. The first kappa shape index (κ1) is 19.9. The van der Waals surface area contributed by atoms with Crippen molar-refractivity contribution in [3.63, 3.8) is 0 Å². The van der Waals surface area contributed by atoms with Gasteiger partial charge in [-0.2, -0.15) is 0 Å². The molecule has 5 heteroatoms. The van der Waals surface area contributed by atoms with E-state index in [0.717, 1.165) is 43.6 Å². The van der Waals surface area contributed by atoms with Crippen LogP contribution >= 0.6 is 0 Å². The summed E-state index contributed by atoms with van der Waals surface area (Å²) in [7, 11) is 0. The van der Waals surface area contributed by atoms with E-state index in [1.54, 1.807) is 24.3 Å². The zero-order valence-electron chi connectivity index (χ0n) is 17.1. The maximum atomic E-state index is 13.8. The van der Waals surface area contributed by atoms with Gasteiger partial charge in [-0.05, 0) is 75.4 Å². The lowest BCUT2D eigenvalue weighted by atomic mass is 9.87. The normalized spacial score (nSPS) is 23.2. The van der Waals surface area contributed by atoms with E-state index in [1.165, 1.54) is 18.2 Å². The smallest absolute Gasteiger partial charge is 0.223 e. The third kappa shape index (κ3) is 3.87. The molecule has 2 aromatic carbocycles. The van der Waals surface area contributed by atoms with E-state index < -0.39 is 0 Å². The Labute approximate surface area is 171 Å². The summed E-state index contributed by atoms with van der Waals surface area (Å²) in [5, 5.41) is 0. The molecule has 1 unspecified atom stereocenters. The molecule has 0 aliphatic carbocycles. The molecule has 0 bridgehead atoms. The number of amides is 1. The third-order valence-electron chi connectivity index (χ3n) is 6.50. The molecule has 29 heavy (non-hydrogen) atoms. The van der Waals surface area contributed by atoms with Gasteiger partial charge < -0.3 is 9.80 Å². The molecule has 1 amide bonds. The fourth-order valence-electron chi connectivity index (χ4n) is 5.26.